The third-order valence-electron chi connectivity index (χ3n) is 4.50. The van der Waals surface area contributed by atoms with Crippen molar-refractivity contribution in [1.82, 2.24) is 10.6 Å². The molecule has 11 heteroatoms. The largest absolute Gasteiger partial charge is 0.460 e. The van der Waals surface area contributed by atoms with Crippen LogP contribution < -0.4 is 10.6 Å². The van der Waals surface area contributed by atoms with Gasteiger partial charge in [-0.1, -0.05) is 30.3 Å². The fourth-order valence-electron chi connectivity index (χ4n) is 2.62. The second-order valence-corrected chi connectivity index (χ2v) is 7.67. The van der Waals surface area contributed by atoms with Crippen LogP contribution in [0.2, 0.25) is 0 Å². The van der Waals surface area contributed by atoms with Gasteiger partial charge >= 0.3 is 5.97 Å². The molecule has 2 N–H and O–H groups in total. The highest BCUT2D eigenvalue weighted by Gasteiger charge is 2.10. The second kappa shape index (κ2) is 21.4. The van der Waals surface area contributed by atoms with Gasteiger partial charge in [0, 0.05) is 25.9 Å². The van der Waals surface area contributed by atoms with Crippen molar-refractivity contribution >= 4 is 23.6 Å². The molecule has 0 aliphatic heterocycles. The first-order valence-electron chi connectivity index (χ1n) is 12.0. The molecule has 1 aromatic rings. The summed E-state index contributed by atoms with van der Waals surface area (Å²) in [5.41, 5.74) is 0.855. The van der Waals surface area contributed by atoms with Crippen LogP contribution in [0.3, 0.4) is 0 Å². The molecule has 0 fully saturated rings. The maximum Gasteiger partial charge on any atom is 0.315 e. The maximum atomic E-state index is 11.7. The molecule has 1 rings (SSSR count). The zero-order chi connectivity index (χ0) is 26.3. The smallest absolute Gasteiger partial charge is 0.315 e. The number of Topliss-reactive ketones (excluding diaryl/α,β-unsaturated/α-hetero) is 1. The van der Waals surface area contributed by atoms with Gasteiger partial charge in [-0.25, -0.2) is 0 Å². The molecule has 0 aromatic heterocycles. The van der Waals surface area contributed by atoms with E-state index >= 15 is 0 Å². The lowest BCUT2D eigenvalue weighted by molar-refractivity contribution is -0.147. The summed E-state index contributed by atoms with van der Waals surface area (Å²) in [6.45, 7) is 5.07. The molecule has 0 aliphatic carbocycles. The van der Waals surface area contributed by atoms with Gasteiger partial charge in [-0.15, -0.1) is 0 Å². The first-order chi connectivity index (χ1) is 17.5. The van der Waals surface area contributed by atoms with Crippen LogP contribution in [-0.2, 0) is 49.5 Å². The van der Waals surface area contributed by atoms with Gasteiger partial charge in [0.2, 0.25) is 11.8 Å². The molecule has 0 radical (unpaired) electrons. The molecule has 0 atom stereocenters. The average molecular weight is 511 g/mol. The van der Waals surface area contributed by atoms with Crippen LogP contribution in [0.25, 0.3) is 0 Å². The first-order valence-corrected chi connectivity index (χ1v) is 12.0. The predicted octanol–water partition coefficient (Wildman–Crippen LogP) is 0.788. The van der Waals surface area contributed by atoms with E-state index in [-0.39, 0.29) is 50.9 Å². The lowest BCUT2D eigenvalue weighted by atomic mass is 10.2. The minimum Gasteiger partial charge on any atom is -0.460 e. The first kappa shape index (κ1) is 31.2. The molecule has 0 spiro atoms. The van der Waals surface area contributed by atoms with Gasteiger partial charge in [-0.2, -0.15) is 0 Å². The van der Waals surface area contributed by atoms with Gasteiger partial charge in [0.15, 0.2) is 0 Å². The van der Waals surface area contributed by atoms with E-state index in [1.165, 1.54) is 6.92 Å². The topological polar surface area (TPSA) is 138 Å². The summed E-state index contributed by atoms with van der Waals surface area (Å²) < 4.78 is 26.3. The number of ether oxygens (including phenoxy) is 5. The Balaban J connectivity index is 1.83. The van der Waals surface area contributed by atoms with Crippen molar-refractivity contribution in [3.05, 3.63) is 35.9 Å². The number of nitrogens with one attached hydrogen (secondary N) is 2. The summed E-state index contributed by atoms with van der Waals surface area (Å²) in [5.74, 6) is -1.06. The standard InChI is InChI=1S/C25H38N2O9/c1-21(28)7-11-32-15-17-34-13-9-26-23(29)8-12-33-16-18-35-14-10-27-24(30)19-25(31)36-20-22-5-3-2-4-6-22/h2-6H,7-20H2,1H3,(H,26,29)(H,27,30). The Morgan fingerprint density at radius 3 is 1.78 bits per heavy atom. The molecule has 0 aliphatic rings. The molecular formula is C25H38N2O9. The van der Waals surface area contributed by atoms with Crippen LogP contribution in [0.4, 0.5) is 0 Å². The van der Waals surface area contributed by atoms with Crippen LogP contribution in [0.15, 0.2) is 30.3 Å². The highest BCUT2D eigenvalue weighted by Crippen LogP contribution is 2.01. The van der Waals surface area contributed by atoms with Crippen LogP contribution in [0.1, 0.15) is 31.7 Å². The van der Waals surface area contributed by atoms with E-state index < -0.39 is 11.9 Å². The summed E-state index contributed by atoms with van der Waals surface area (Å²) in [7, 11) is 0. The van der Waals surface area contributed by atoms with E-state index in [9.17, 15) is 19.2 Å². The molecule has 0 bridgehead atoms. The Morgan fingerprint density at radius 1 is 0.667 bits per heavy atom. The maximum absolute atomic E-state index is 11.7. The number of amides is 2. The van der Waals surface area contributed by atoms with Gasteiger partial charge in [-0.05, 0) is 12.5 Å². The van der Waals surface area contributed by atoms with E-state index in [4.69, 9.17) is 23.7 Å². The summed E-state index contributed by atoms with van der Waals surface area (Å²) >= 11 is 0. The van der Waals surface area contributed by atoms with E-state index in [2.05, 4.69) is 10.6 Å². The highest BCUT2D eigenvalue weighted by atomic mass is 16.5. The Kier molecular flexibility index (Phi) is 18.6. The Bertz CT molecular complexity index is 759. The van der Waals surface area contributed by atoms with E-state index in [0.717, 1.165) is 5.56 Å². The number of carbonyl (C=O) groups is 4. The van der Waals surface area contributed by atoms with E-state index in [1.807, 2.05) is 30.3 Å². The lowest BCUT2D eigenvalue weighted by Crippen LogP contribution is -2.30. The van der Waals surface area contributed by atoms with Crippen LogP contribution in [-0.4, -0.2) is 89.5 Å². The molecule has 0 saturated heterocycles. The van der Waals surface area contributed by atoms with Gasteiger partial charge in [0.05, 0.1) is 52.9 Å². The Morgan fingerprint density at radius 2 is 1.19 bits per heavy atom. The van der Waals surface area contributed by atoms with E-state index in [0.29, 0.717) is 52.6 Å². The molecule has 36 heavy (non-hydrogen) atoms. The van der Waals surface area contributed by atoms with Crippen LogP contribution in [0.5, 0.6) is 0 Å². The minimum absolute atomic E-state index is 0.0905. The van der Waals surface area contributed by atoms with Gasteiger partial charge in [0.1, 0.15) is 18.8 Å². The van der Waals surface area contributed by atoms with Crippen molar-refractivity contribution in [3.63, 3.8) is 0 Å². The average Bonchev–Trinajstić information content (AvgIpc) is 2.86. The molecule has 2 amide bonds. The monoisotopic (exact) mass is 510 g/mol. The van der Waals surface area contributed by atoms with Crippen molar-refractivity contribution in [3.8, 4) is 0 Å². The third kappa shape index (κ3) is 19.4. The van der Waals surface area contributed by atoms with Crippen molar-refractivity contribution in [2.24, 2.45) is 0 Å². The lowest BCUT2D eigenvalue weighted by Gasteiger charge is -2.08. The summed E-state index contributed by atoms with van der Waals surface area (Å²) in [5, 5.41) is 5.31. The van der Waals surface area contributed by atoms with Crippen molar-refractivity contribution in [1.29, 1.82) is 0 Å². The summed E-state index contributed by atoms with van der Waals surface area (Å²) in [4.78, 5) is 45.9. The Labute approximate surface area is 212 Å². The number of benzene rings is 1. The third-order valence-corrected chi connectivity index (χ3v) is 4.50. The number of hydrogen-bond acceptors (Lipinski definition) is 9. The van der Waals surface area contributed by atoms with Gasteiger partial charge < -0.3 is 34.3 Å². The molecule has 11 nitrogen and oxygen atoms in total. The molecule has 1 aromatic carbocycles. The number of esters is 1. The number of hydrogen-bond donors (Lipinski definition) is 2. The molecule has 0 heterocycles. The molecule has 0 saturated carbocycles. The number of rotatable bonds is 22. The van der Waals surface area contributed by atoms with Gasteiger partial charge in [0.25, 0.3) is 0 Å². The SMILES string of the molecule is CC(=O)CCOCCOCCNC(=O)CCOCCOCCNC(=O)CC(=O)OCc1ccccc1. The fraction of sp³-hybridized carbons (Fsp3) is 0.600. The molecular weight excluding hydrogens is 472 g/mol. The summed E-state index contributed by atoms with van der Waals surface area (Å²) in [6, 6.07) is 9.23. The number of ketones is 1. The molecule has 0 unspecified atom stereocenters. The summed E-state index contributed by atoms with van der Waals surface area (Å²) in [6.07, 6.45) is 0.281. The normalized spacial score (nSPS) is 10.6. The minimum atomic E-state index is -0.589. The second-order valence-electron chi connectivity index (χ2n) is 7.67. The molecule has 202 valence electrons. The van der Waals surface area contributed by atoms with E-state index in [1.54, 1.807) is 0 Å². The Hall–Kier alpha value is -2.86. The fourth-order valence-corrected chi connectivity index (χ4v) is 2.62. The van der Waals surface area contributed by atoms with Crippen molar-refractivity contribution in [2.45, 2.75) is 32.8 Å². The van der Waals surface area contributed by atoms with Gasteiger partial charge in [-0.3, -0.25) is 19.2 Å². The number of carbonyl (C=O) groups excluding carboxylic acids is 4. The van der Waals surface area contributed by atoms with Crippen LogP contribution in [0, 0.1) is 0 Å². The predicted molar refractivity (Wildman–Crippen MR) is 130 cm³/mol. The van der Waals surface area contributed by atoms with Crippen molar-refractivity contribution in [2.75, 3.05) is 65.9 Å². The quantitative estimate of drug-likeness (QED) is 0.132. The highest BCUT2D eigenvalue weighted by molar-refractivity contribution is 5.94. The van der Waals surface area contributed by atoms with Crippen LogP contribution >= 0.6 is 0 Å². The zero-order valence-corrected chi connectivity index (χ0v) is 21.0. The zero-order valence-electron chi connectivity index (χ0n) is 21.0. The van der Waals surface area contributed by atoms with Crippen molar-refractivity contribution < 1.29 is 42.9 Å².